The Morgan fingerprint density at radius 1 is 1.23 bits per heavy atom. The van der Waals surface area contributed by atoms with Crippen LogP contribution in [0.2, 0.25) is 0 Å². The van der Waals surface area contributed by atoms with Gasteiger partial charge in [0.15, 0.2) is 0 Å². The summed E-state index contributed by atoms with van der Waals surface area (Å²) in [5.41, 5.74) is 1.99. The summed E-state index contributed by atoms with van der Waals surface area (Å²) < 4.78 is 4.31. The van der Waals surface area contributed by atoms with Crippen LogP contribution in [0.25, 0.3) is 0 Å². The fraction of sp³-hybridized carbons (Fsp3) is 0.636. The SMILES string of the molecule is Cc1cc(Nc2ncc(C)c(N3CC(CC#N)(N4CCN(C5CCC5)CC4)C3)n2)sn1. The molecule has 3 fully saturated rings. The Morgan fingerprint density at radius 3 is 2.61 bits per heavy atom. The second-order valence-corrected chi connectivity index (χ2v) is 9.99. The smallest absolute Gasteiger partial charge is 0.229 e. The minimum absolute atomic E-state index is 0.0553. The first-order chi connectivity index (χ1) is 15.1. The van der Waals surface area contributed by atoms with E-state index in [1.807, 2.05) is 19.2 Å². The lowest BCUT2D eigenvalue weighted by molar-refractivity contribution is -0.00887. The lowest BCUT2D eigenvalue weighted by atomic mass is 9.83. The molecule has 2 saturated heterocycles. The molecule has 5 rings (SSSR count). The number of nitrogens with zero attached hydrogens (tertiary/aromatic N) is 7. The third-order valence-electron chi connectivity index (χ3n) is 7.06. The van der Waals surface area contributed by atoms with Crippen molar-refractivity contribution in [3.8, 4) is 6.07 Å². The summed E-state index contributed by atoms with van der Waals surface area (Å²) in [7, 11) is 0. The van der Waals surface area contributed by atoms with Gasteiger partial charge in [-0.15, -0.1) is 0 Å². The number of aromatic nitrogens is 3. The predicted octanol–water partition coefficient (Wildman–Crippen LogP) is 2.94. The van der Waals surface area contributed by atoms with Crippen molar-refractivity contribution in [2.24, 2.45) is 0 Å². The number of nitriles is 1. The van der Waals surface area contributed by atoms with Gasteiger partial charge < -0.3 is 10.2 Å². The number of nitrogens with one attached hydrogen (secondary N) is 1. The van der Waals surface area contributed by atoms with Crippen LogP contribution in [0.5, 0.6) is 0 Å². The van der Waals surface area contributed by atoms with Crippen LogP contribution in [0.4, 0.5) is 16.8 Å². The second-order valence-electron chi connectivity index (χ2n) is 9.18. The van der Waals surface area contributed by atoms with E-state index in [0.717, 1.165) is 67.4 Å². The van der Waals surface area contributed by atoms with Crippen molar-refractivity contribution in [2.75, 3.05) is 49.5 Å². The quantitative estimate of drug-likeness (QED) is 0.737. The van der Waals surface area contributed by atoms with Crippen molar-refractivity contribution in [2.45, 2.75) is 51.1 Å². The van der Waals surface area contributed by atoms with Crippen molar-refractivity contribution in [1.82, 2.24) is 24.1 Å². The van der Waals surface area contributed by atoms with Gasteiger partial charge in [0.2, 0.25) is 5.95 Å². The van der Waals surface area contributed by atoms with E-state index >= 15 is 0 Å². The van der Waals surface area contributed by atoms with Crippen LogP contribution in [0.3, 0.4) is 0 Å². The van der Waals surface area contributed by atoms with Crippen molar-refractivity contribution in [1.29, 1.82) is 5.26 Å². The summed E-state index contributed by atoms with van der Waals surface area (Å²) in [5, 5.41) is 13.8. The minimum atomic E-state index is -0.0553. The normalized spacial score (nSPS) is 21.9. The Hall–Kier alpha value is -2.28. The van der Waals surface area contributed by atoms with Gasteiger partial charge in [-0.25, -0.2) is 4.98 Å². The van der Waals surface area contributed by atoms with Crippen molar-refractivity contribution >= 4 is 28.3 Å². The van der Waals surface area contributed by atoms with Crippen LogP contribution in [0.15, 0.2) is 12.3 Å². The Balaban J connectivity index is 1.26. The molecule has 0 atom stereocenters. The number of aryl methyl sites for hydroxylation is 2. The molecule has 1 aliphatic carbocycles. The van der Waals surface area contributed by atoms with Crippen LogP contribution in [0.1, 0.15) is 36.9 Å². The maximum absolute atomic E-state index is 9.56. The van der Waals surface area contributed by atoms with Crippen molar-refractivity contribution < 1.29 is 0 Å². The predicted molar refractivity (Wildman–Crippen MR) is 123 cm³/mol. The minimum Gasteiger partial charge on any atom is -0.352 e. The highest BCUT2D eigenvalue weighted by molar-refractivity contribution is 7.10. The first kappa shape index (κ1) is 20.6. The maximum atomic E-state index is 9.56. The summed E-state index contributed by atoms with van der Waals surface area (Å²) in [5.74, 6) is 1.55. The van der Waals surface area contributed by atoms with Crippen LogP contribution in [0, 0.1) is 25.2 Å². The van der Waals surface area contributed by atoms with Crippen LogP contribution < -0.4 is 10.2 Å². The van der Waals surface area contributed by atoms with Crippen LogP contribution >= 0.6 is 11.5 Å². The third kappa shape index (κ3) is 4.00. The van der Waals surface area contributed by atoms with E-state index in [9.17, 15) is 5.26 Å². The highest BCUT2D eigenvalue weighted by Gasteiger charge is 2.49. The molecule has 31 heavy (non-hydrogen) atoms. The van der Waals surface area contributed by atoms with Gasteiger partial charge in [-0.1, -0.05) is 6.42 Å². The van der Waals surface area contributed by atoms with Gasteiger partial charge in [0.25, 0.3) is 0 Å². The van der Waals surface area contributed by atoms with Crippen molar-refractivity contribution in [3.05, 3.63) is 23.5 Å². The zero-order valence-electron chi connectivity index (χ0n) is 18.3. The number of rotatable bonds is 6. The Kier molecular flexibility index (Phi) is 5.54. The zero-order valence-corrected chi connectivity index (χ0v) is 19.2. The molecule has 0 amide bonds. The monoisotopic (exact) mass is 438 g/mol. The molecule has 2 aliphatic heterocycles. The standard InChI is InChI=1S/C22H30N8S/c1-16-13-24-21(25-19-12-17(2)27-31-19)26-20(16)29-14-22(15-29,6-7-23)30-10-8-28(9-11-30)18-4-3-5-18/h12-13,18H,3-6,8-11,14-15H2,1-2H3,(H,24,25,26). The van der Waals surface area contributed by atoms with Crippen LogP contribution in [-0.4, -0.2) is 75.0 Å². The molecular weight excluding hydrogens is 408 g/mol. The van der Waals surface area contributed by atoms with Gasteiger partial charge in [0.1, 0.15) is 10.8 Å². The fourth-order valence-electron chi connectivity index (χ4n) is 5.04. The molecule has 0 bridgehead atoms. The fourth-order valence-corrected chi connectivity index (χ4v) is 5.70. The average Bonchev–Trinajstić information content (AvgIpc) is 3.10. The van der Waals surface area contributed by atoms with Gasteiger partial charge in [0, 0.05) is 57.1 Å². The summed E-state index contributed by atoms with van der Waals surface area (Å²) >= 11 is 1.41. The highest BCUT2D eigenvalue weighted by Crippen LogP contribution is 2.37. The maximum Gasteiger partial charge on any atom is 0.229 e. The van der Waals surface area contributed by atoms with Gasteiger partial charge in [0.05, 0.1) is 23.7 Å². The molecule has 2 aromatic rings. The first-order valence-electron chi connectivity index (χ1n) is 11.2. The molecule has 2 aromatic heterocycles. The summed E-state index contributed by atoms with van der Waals surface area (Å²) in [6.07, 6.45) is 6.56. The molecule has 8 nitrogen and oxygen atoms in total. The molecule has 0 unspecified atom stereocenters. The molecule has 4 heterocycles. The molecular formula is C22H30N8S. The first-order valence-corrected chi connectivity index (χ1v) is 12.0. The van der Waals surface area contributed by atoms with E-state index in [0.29, 0.717) is 12.4 Å². The van der Waals surface area contributed by atoms with E-state index in [1.54, 1.807) is 0 Å². The molecule has 1 N–H and O–H groups in total. The van der Waals surface area contributed by atoms with Gasteiger partial charge in [-0.2, -0.15) is 14.6 Å². The lowest BCUT2D eigenvalue weighted by Crippen LogP contribution is -2.73. The Morgan fingerprint density at radius 2 is 2.00 bits per heavy atom. The summed E-state index contributed by atoms with van der Waals surface area (Å²) in [6, 6.07) is 5.27. The van der Waals surface area contributed by atoms with E-state index in [2.05, 4.69) is 42.4 Å². The largest absolute Gasteiger partial charge is 0.352 e. The molecule has 3 aliphatic rings. The molecule has 0 radical (unpaired) electrons. The molecule has 0 aromatic carbocycles. The Labute approximate surface area is 188 Å². The lowest BCUT2D eigenvalue weighted by Gasteiger charge is -2.58. The number of anilines is 3. The molecule has 9 heteroatoms. The highest BCUT2D eigenvalue weighted by atomic mass is 32.1. The topological polar surface area (TPSA) is 84.2 Å². The van der Waals surface area contributed by atoms with Gasteiger partial charge in [-0.05, 0) is 44.3 Å². The molecule has 1 saturated carbocycles. The average molecular weight is 439 g/mol. The van der Waals surface area contributed by atoms with E-state index in [-0.39, 0.29) is 5.54 Å². The van der Waals surface area contributed by atoms with Gasteiger partial charge in [-0.3, -0.25) is 9.80 Å². The third-order valence-corrected chi connectivity index (χ3v) is 7.86. The number of hydrogen-bond donors (Lipinski definition) is 1. The van der Waals surface area contributed by atoms with E-state index < -0.39 is 0 Å². The van der Waals surface area contributed by atoms with E-state index in [4.69, 9.17) is 4.98 Å². The van der Waals surface area contributed by atoms with Gasteiger partial charge >= 0.3 is 0 Å². The number of piperazine rings is 1. The summed E-state index contributed by atoms with van der Waals surface area (Å²) in [4.78, 5) is 16.8. The number of hydrogen-bond acceptors (Lipinski definition) is 9. The Bertz CT molecular complexity index is 964. The zero-order chi connectivity index (χ0) is 21.4. The molecule has 164 valence electrons. The molecule has 0 spiro atoms. The van der Waals surface area contributed by atoms with Crippen molar-refractivity contribution in [3.63, 3.8) is 0 Å². The summed E-state index contributed by atoms with van der Waals surface area (Å²) in [6.45, 7) is 10.1. The van der Waals surface area contributed by atoms with Crippen LogP contribution in [-0.2, 0) is 0 Å². The second kappa shape index (κ2) is 8.34. The van der Waals surface area contributed by atoms with E-state index in [1.165, 1.54) is 30.8 Å².